The lowest BCUT2D eigenvalue weighted by atomic mass is 9.44. The molecule has 4 aliphatic rings. The zero-order valence-electron chi connectivity index (χ0n) is 17.8. The van der Waals surface area contributed by atoms with Crippen molar-refractivity contribution >= 4 is 11.8 Å². The molecule has 4 aliphatic carbocycles. The number of carbonyl (C=O) groups is 2. The molecule has 4 saturated carbocycles. The monoisotopic (exact) mass is 390 g/mol. The molecule has 28 heavy (non-hydrogen) atoms. The maximum atomic E-state index is 13.6. The number of hydrogen-bond donors (Lipinski definition) is 2. The van der Waals surface area contributed by atoms with Gasteiger partial charge in [-0.1, -0.05) is 20.8 Å². The van der Waals surface area contributed by atoms with Gasteiger partial charge in [0, 0.05) is 18.8 Å². The normalized spacial score (nSPS) is 49.1. The van der Waals surface area contributed by atoms with Crippen LogP contribution >= 0.6 is 0 Å². The predicted octanol–water partition coefficient (Wildman–Crippen LogP) is 4.69. The standard InChI is InChI=1S/C24H38O4/c1-14(4-9-21(27)28)18-7-8-19-17-6-5-15-12-16(25)10-11-23(15,2)22(17)20(26)13-24(18,19)3/h14-19,22,25H,4-13H2,1-3H3,(H,27,28)/t14-,15-,16+,17+,18-,19+,22-,23+,24-/m1/s1. The van der Waals surface area contributed by atoms with Crippen molar-refractivity contribution in [1.29, 1.82) is 0 Å². The SMILES string of the molecule is C[C@H](CCC(=O)O)[C@H]1CC[C@H]2[C@@H]3CC[C@@H]4C[C@@H](O)CC[C@]4(C)[C@H]3C(=O)C[C@]12C. The van der Waals surface area contributed by atoms with E-state index in [4.69, 9.17) is 5.11 Å². The number of aliphatic hydroxyl groups is 1. The molecule has 0 aromatic rings. The Bertz CT molecular complexity index is 645. The van der Waals surface area contributed by atoms with Gasteiger partial charge in [-0.25, -0.2) is 0 Å². The highest BCUT2D eigenvalue weighted by Gasteiger charge is 2.63. The van der Waals surface area contributed by atoms with Crippen molar-refractivity contribution in [3.63, 3.8) is 0 Å². The van der Waals surface area contributed by atoms with Crippen LogP contribution < -0.4 is 0 Å². The summed E-state index contributed by atoms with van der Waals surface area (Å²) in [5.41, 5.74) is 0.126. The number of carboxylic acid groups (broad SMARTS) is 1. The van der Waals surface area contributed by atoms with Gasteiger partial charge in [-0.05, 0) is 91.8 Å². The molecule has 4 nitrogen and oxygen atoms in total. The van der Waals surface area contributed by atoms with E-state index >= 15 is 0 Å². The number of hydrogen-bond acceptors (Lipinski definition) is 3. The van der Waals surface area contributed by atoms with E-state index in [0.717, 1.165) is 44.9 Å². The molecule has 0 heterocycles. The fraction of sp³-hybridized carbons (Fsp3) is 0.917. The Morgan fingerprint density at radius 1 is 1.14 bits per heavy atom. The number of ketones is 1. The third kappa shape index (κ3) is 3.05. The Hall–Kier alpha value is -0.900. The second-order valence-electron chi connectivity index (χ2n) is 11.2. The molecule has 0 aromatic heterocycles. The minimum Gasteiger partial charge on any atom is -0.481 e. The first-order valence-electron chi connectivity index (χ1n) is 11.6. The summed E-state index contributed by atoms with van der Waals surface area (Å²) >= 11 is 0. The maximum Gasteiger partial charge on any atom is 0.303 e. The van der Waals surface area contributed by atoms with Crippen molar-refractivity contribution in [3.05, 3.63) is 0 Å². The molecule has 4 rings (SSSR count). The summed E-state index contributed by atoms with van der Waals surface area (Å²) in [7, 11) is 0. The Labute approximate surface area is 169 Å². The average molecular weight is 391 g/mol. The van der Waals surface area contributed by atoms with Crippen molar-refractivity contribution in [2.75, 3.05) is 0 Å². The number of Topliss-reactive ketones (excluding diaryl/α,β-unsaturated/α-hetero) is 1. The van der Waals surface area contributed by atoms with Crippen molar-refractivity contribution in [2.24, 2.45) is 46.3 Å². The average Bonchev–Trinajstić information content (AvgIpc) is 2.96. The van der Waals surface area contributed by atoms with Gasteiger partial charge in [0.05, 0.1) is 6.10 Å². The molecule has 0 aromatic carbocycles. The van der Waals surface area contributed by atoms with Crippen LogP contribution in [0.1, 0.15) is 85.0 Å². The van der Waals surface area contributed by atoms with Gasteiger partial charge < -0.3 is 10.2 Å². The first-order valence-corrected chi connectivity index (χ1v) is 11.6. The van der Waals surface area contributed by atoms with Gasteiger partial charge in [-0.2, -0.15) is 0 Å². The molecule has 0 amide bonds. The molecule has 0 radical (unpaired) electrons. The largest absolute Gasteiger partial charge is 0.481 e. The highest BCUT2D eigenvalue weighted by Crippen LogP contribution is 2.67. The molecule has 9 atom stereocenters. The van der Waals surface area contributed by atoms with Gasteiger partial charge in [0.1, 0.15) is 5.78 Å². The first-order chi connectivity index (χ1) is 13.2. The summed E-state index contributed by atoms with van der Waals surface area (Å²) in [5.74, 6) is 2.40. The third-order valence-corrected chi connectivity index (χ3v) is 9.89. The number of carboxylic acids is 1. The Morgan fingerprint density at radius 2 is 1.89 bits per heavy atom. The zero-order chi connectivity index (χ0) is 20.3. The molecule has 0 saturated heterocycles. The van der Waals surface area contributed by atoms with Gasteiger partial charge in [0.2, 0.25) is 0 Å². The van der Waals surface area contributed by atoms with Crippen LogP contribution in [-0.2, 0) is 9.59 Å². The van der Waals surface area contributed by atoms with Crippen LogP contribution in [0.15, 0.2) is 0 Å². The summed E-state index contributed by atoms with van der Waals surface area (Å²) in [6, 6.07) is 0. The molecule has 0 spiro atoms. The molecular weight excluding hydrogens is 352 g/mol. The van der Waals surface area contributed by atoms with Crippen molar-refractivity contribution in [3.8, 4) is 0 Å². The highest BCUT2D eigenvalue weighted by molar-refractivity contribution is 5.84. The number of aliphatic carboxylic acids is 1. The molecular formula is C24H38O4. The maximum absolute atomic E-state index is 13.6. The quantitative estimate of drug-likeness (QED) is 0.730. The summed E-state index contributed by atoms with van der Waals surface area (Å²) in [6.45, 7) is 6.90. The minimum absolute atomic E-state index is 0.0492. The van der Waals surface area contributed by atoms with E-state index in [1.807, 2.05) is 0 Å². The van der Waals surface area contributed by atoms with Crippen LogP contribution in [0.5, 0.6) is 0 Å². The topological polar surface area (TPSA) is 74.6 Å². The van der Waals surface area contributed by atoms with E-state index in [0.29, 0.717) is 41.8 Å². The fourth-order valence-corrected chi connectivity index (χ4v) is 8.57. The van der Waals surface area contributed by atoms with Crippen LogP contribution in [0, 0.1) is 46.3 Å². The molecule has 158 valence electrons. The number of fused-ring (bicyclic) bond motifs is 5. The second-order valence-corrected chi connectivity index (χ2v) is 11.2. The number of carbonyl (C=O) groups excluding carboxylic acids is 1. The Balaban J connectivity index is 1.57. The number of rotatable bonds is 4. The lowest BCUT2D eigenvalue weighted by Gasteiger charge is -2.60. The summed E-state index contributed by atoms with van der Waals surface area (Å²) in [5, 5.41) is 19.3. The van der Waals surface area contributed by atoms with Gasteiger partial charge in [0.15, 0.2) is 0 Å². The number of aliphatic hydroxyl groups excluding tert-OH is 1. The van der Waals surface area contributed by atoms with Crippen LogP contribution in [0.3, 0.4) is 0 Å². The molecule has 0 aliphatic heterocycles. The van der Waals surface area contributed by atoms with Crippen LogP contribution in [0.25, 0.3) is 0 Å². The van der Waals surface area contributed by atoms with Gasteiger partial charge in [-0.3, -0.25) is 9.59 Å². The minimum atomic E-state index is -0.711. The lowest BCUT2D eigenvalue weighted by Crippen LogP contribution is -2.57. The smallest absolute Gasteiger partial charge is 0.303 e. The van der Waals surface area contributed by atoms with Crippen LogP contribution in [0.4, 0.5) is 0 Å². The van der Waals surface area contributed by atoms with Gasteiger partial charge >= 0.3 is 5.97 Å². The van der Waals surface area contributed by atoms with Crippen LogP contribution in [0.2, 0.25) is 0 Å². The molecule has 4 heteroatoms. The molecule has 0 bridgehead atoms. The lowest BCUT2D eigenvalue weighted by molar-refractivity contribution is -0.162. The summed E-state index contributed by atoms with van der Waals surface area (Å²) < 4.78 is 0. The Morgan fingerprint density at radius 3 is 2.61 bits per heavy atom. The first kappa shape index (κ1) is 20.4. The zero-order valence-corrected chi connectivity index (χ0v) is 17.8. The van der Waals surface area contributed by atoms with Crippen molar-refractivity contribution < 1.29 is 19.8 Å². The van der Waals surface area contributed by atoms with Crippen molar-refractivity contribution in [2.45, 2.75) is 91.1 Å². The fourth-order valence-electron chi connectivity index (χ4n) is 8.57. The molecule has 4 fully saturated rings. The van der Waals surface area contributed by atoms with Gasteiger partial charge in [0.25, 0.3) is 0 Å². The highest BCUT2D eigenvalue weighted by atomic mass is 16.4. The third-order valence-electron chi connectivity index (χ3n) is 9.89. The van der Waals surface area contributed by atoms with E-state index in [1.54, 1.807) is 0 Å². The Kier molecular flexibility index (Phi) is 5.17. The second kappa shape index (κ2) is 7.11. The van der Waals surface area contributed by atoms with E-state index in [-0.39, 0.29) is 29.3 Å². The van der Waals surface area contributed by atoms with E-state index in [1.165, 1.54) is 6.42 Å². The van der Waals surface area contributed by atoms with Crippen LogP contribution in [-0.4, -0.2) is 28.1 Å². The van der Waals surface area contributed by atoms with Gasteiger partial charge in [-0.15, -0.1) is 0 Å². The molecule has 2 N–H and O–H groups in total. The summed E-state index contributed by atoms with van der Waals surface area (Å²) in [4.78, 5) is 24.6. The van der Waals surface area contributed by atoms with E-state index in [2.05, 4.69) is 20.8 Å². The summed E-state index contributed by atoms with van der Waals surface area (Å²) in [6.07, 6.45) is 8.85. The van der Waals surface area contributed by atoms with E-state index in [9.17, 15) is 14.7 Å². The van der Waals surface area contributed by atoms with Crippen molar-refractivity contribution in [1.82, 2.24) is 0 Å². The molecule has 0 unspecified atom stereocenters. The predicted molar refractivity (Wildman–Crippen MR) is 108 cm³/mol. The van der Waals surface area contributed by atoms with E-state index < -0.39 is 5.97 Å².